The van der Waals surface area contributed by atoms with Crippen LogP contribution >= 0.6 is 0 Å². The molecule has 0 unspecified atom stereocenters. The minimum absolute atomic E-state index is 0.0204. The number of piperazine rings is 1. The molecule has 0 atom stereocenters. The first-order valence-electron chi connectivity index (χ1n) is 10.5. The number of carbonyl (C=O) groups is 1. The van der Waals surface area contributed by atoms with Gasteiger partial charge in [-0.3, -0.25) is 0 Å². The van der Waals surface area contributed by atoms with Crippen molar-refractivity contribution < 1.29 is 31.5 Å². The molecule has 1 saturated heterocycles. The maximum atomic E-state index is 13.3. The maximum absolute atomic E-state index is 13.3. The van der Waals surface area contributed by atoms with Gasteiger partial charge in [0.25, 0.3) is 10.2 Å². The number of benzene rings is 2. The molecule has 0 saturated carbocycles. The number of aromatic carboxylic acids is 1. The van der Waals surface area contributed by atoms with E-state index in [0.717, 1.165) is 10.4 Å². The van der Waals surface area contributed by atoms with Crippen molar-refractivity contribution in [2.24, 2.45) is 0 Å². The van der Waals surface area contributed by atoms with Crippen molar-refractivity contribution in [2.45, 2.75) is 6.18 Å². The summed E-state index contributed by atoms with van der Waals surface area (Å²) in [7, 11) is -0.709. The van der Waals surface area contributed by atoms with Crippen LogP contribution in [0.3, 0.4) is 0 Å². The second kappa shape index (κ2) is 9.02. The van der Waals surface area contributed by atoms with E-state index in [-0.39, 0.29) is 48.9 Å². The predicted octanol–water partition coefficient (Wildman–Crippen LogP) is 2.95. The van der Waals surface area contributed by atoms with Crippen LogP contribution in [0.1, 0.15) is 15.9 Å². The highest BCUT2D eigenvalue weighted by atomic mass is 32.2. The van der Waals surface area contributed by atoms with E-state index in [1.54, 1.807) is 11.0 Å². The normalized spacial score (nSPS) is 15.7. The Hall–Kier alpha value is -3.36. The molecule has 3 N–H and O–H groups in total. The lowest BCUT2D eigenvalue weighted by Crippen LogP contribution is -2.52. The third kappa shape index (κ3) is 4.90. The number of halogens is 3. The van der Waals surface area contributed by atoms with Gasteiger partial charge >= 0.3 is 12.1 Å². The van der Waals surface area contributed by atoms with E-state index < -0.39 is 27.9 Å². The van der Waals surface area contributed by atoms with E-state index in [0.29, 0.717) is 11.2 Å². The zero-order chi connectivity index (χ0) is 25.5. The molecule has 1 aliphatic heterocycles. The molecule has 2 heterocycles. The van der Waals surface area contributed by atoms with Gasteiger partial charge in [-0.25, -0.2) is 9.78 Å². The average Bonchev–Trinajstić information content (AvgIpc) is 3.19. The van der Waals surface area contributed by atoms with E-state index in [9.17, 15) is 31.5 Å². The molecule has 1 aliphatic rings. The minimum atomic E-state index is -4.57. The van der Waals surface area contributed by atoms with Crippen LogP contribution in [-0.4, -0.2) is 78.3 Å². The maximum Gasteiger partial charge on any atom is 0.418 e. The fraction of sp³-hybridized carbons (Fsp3) is 0.333. The number of para-hydroxylation sites is 1. The number of fused-ring (bicyclic) bond motifs is 1. The molecule has 0 aliphatic carbocycles. The van der Waals surface area contributed by atoms with Gasteiger partial charge in [0.05, 0.1) is 33.5 Å². The van der Waals surface area contributed by atoms with Gasteiger partial charge in [-0.05, 0) is 24.3 Å². The number of nitrogens with zero attached hydrogens (tertiary/aromatic N) is 4. The van der Waals surface area contributed by atoms with Gasteiger partial charge in [-0.2, -0.15) is 30.2 Å². The molecule has 35 heavy (non-hydrogen) atoms. The number of H-pyrrole nitrogens is 1. The van der Waals surface area contributed by atoms with Crippen LogP contribution in [0.5, 0.6) is 0 Å². The largest absolute Gasteiger partial charge is 0.478 e. The van der Waals surface area contributed by atoms with E-state index in [2.05, 4.69) is 15.3 Å². The van der Waals surface area contributed by atoms with E-state index in [1.807, 2.05) is 0 Å². The number of anilines is 3. The lowest BCUT2D eigenvalue weighted by Gasteiger charge is -2.36. The third-order valence-corrected chi connectivity index (χ3v) is 7.62. The smallest absolute Gasteiger partial charge is 0.418 e. The summed E-state index contributed by atoms with van der Waals surface area (Å²) >= 11 is 0. The Kier molecular flexibility index (Phi) is 6.38. The first kappa shape index (κ1) is 24.8. The van der Waals surface area contributed by atoms with Crippen molar-refractivity contribution in [1.82, 2.24) is 18.6 Å². The Morgan fingerprint density at radius 1 is 1.14 bits per heavy atom. The van der Waals surface area contributed by atoms with Gasteiger partial charge in [-0.15, -0.1) is 0 Å². The number of carboxylic acids is 1. The molecule has 0 bridgehead atoms. The quantitative estimate of drug-likeness (QED) is 0.464. The molecule has 0 spiro atoms. The van der Waals surface area contributed by atoms with E-state index in [4.69, 9.17) is 0 Å². The fourth-order valence-electron chi connectivity index (χ4n) is 3.90. The van der Waals surface area contributed by atoms with Gasteiger partial charge in [-0.1, -0.05) is 12.1 Å². The van der Waals surface area contributed by atoms with Gasteiger partial charge in [0.15, 0.2) is 0 Å². The van der Waals surface area contributed by atoms with Crippen molar-refractivity contribution in [3.8, 4) is 0 Å². The molecule has 188 valence electrons. The average molecular weight is 513 g/mol. The second-order valence-electron chi connectivity index (χ2n) is 8.12. The fourth-order valence-corrected chi connectivity index (χ4v) is 4.98. The van der Waals surface area contributed by atoms with E-state index in [1.165, 1.54) is 42.7 Å². The SMILES string of the molecule is CN(C)S(=O)(=O)N1CCN(c2cc3[nH]c(Nc4ccccc4C(F)(F)F)nc3cc2C(=O)O)CC1. The topological polar surface area (TPSA) is 122 Å². The van der Waals surface area contributed by atoms with Gasteiger partial charge in [0.1, 0.15) is 0 Å². The van der Waals surface area contributed by atoms with Gasteiger partial charge < -0.3 is 20.3 Å². The number of aromatic amines is 1. The molecule has 4 rings (SSSR count). The van der Waals surface area contributed by atoms with Crippen LogP contribution in [0.2, 0.25) is 0 Å². The number of carboxylic acid groups (broad SMARTS) is 1. The molecule has 0 radical (unpaired) electrons. The highest BCUT2D eigenvalue weighted by Gasteiger charge is 2.33. The number of imidazole rings is 1. The molecule has 0 amide bonds. The summed E-state index contributed by atoms with van der Waals surface area (Å²) in [6.07, 6.45) is -4.57. The molecule has 3 aromatic rings. The summed E-state index contributed by atoms with van der Waals surface area (Å²) in [5, 5.41) is 12.4. The number of hydrogen-bond donors (Lipinski definition) is 3. The lowest BCUT2D eigenvalue weighted by molar-refractivity contribution is -0.136. The van der Waals surface area contributed by atoms with Crippen molar-refractivity contribution in [3.63, 3.8) is 0 Å². The third-order valence-electron chi connectivity index (χ3n) is 5.68. The molecular formula is C21H23F3N6O4S. The van der Waals surface area contributed by atoms with Crippen molar-refractivity contribution >= 4 is 44.5 Å². The zero-order valence-electron chi connectivity index (χ0n) is 18.8. The first-order chi connectivity index (χ1) is 16.4. The van der Waals surface area contributed by atoms with Crippen molar-refractivity contribution in [1.29, 1.82) is 0 Å². The summed E-state index contributed by atoms with van der Waals surface area (Å²) < 4.78 is 67.1. The standard InChI is InChI=1S/C21H23F3N6O4S/c1-28(2)35(33,34)30-9-7-29(8-10-30)18-12-17-16(11-13(18)19(31)32)26-20(27-17)25-15-6-4-3-5-14(15)21(22,23)24/h3-6,11-12H,7-10H2,1-2H3,(H,31,32)(H2,25,26,27). The number of aromatic nitrogens is 2. The van der Waals surface area contributed by atoms with Crippen LogP contribution in [0.15, 0.2) is 36.4 Å². The highest BCUT2D eigenvalue weighted by Crippen LogP contribution is 2.36. The number of nitrogens with one attached hydrogen (secondary N) is 2. The van der Waals surface area contributed by atoms with Crippen LogP contribution in [-0.2, 0) is 16.4 Å². The zero-order valence-corrected chi connectivity index (χ0v) is 19.6. The first-order valence-corrected chi connectivity index (χ1v) is 11.9. The summed E-state index contributed by atoms with van der Waals surface area (Å²) in [5.74, 6) is -1.18. The highest BCUT2D eigenvalue weighted by molar-refractivity contribution is 7.86. The van der Waals surface area contributed by atoms with Crippen LogP contribution < -0.4 is 10.2 Å². The van der Waals surface area contributed by atoms with Crippen LogP contribution in [0, 0.1) is 0 Å². The molecule has 2 aromatic carbocycles. The van der Waals surface area contributed by atoms with E-state index >= 15 is 0 Å². The summed E-state index contributed by atoms with van der Waals surface area (Å²) in [4.78, 5) is 20.8. The van der Waals surface area contributed by atoms with Crippen molar-refractivity contribution in [2.75, 3.05) is 50.5 Å². The number of rotatable bonds is 6. The minimum Gasteiger partial charge on any atom is -0.478 e. The summed E-state index contributed by atoms with van der Waals surface area (Å²) in [5.41, 5.74) is -0.0749. The second-order valence-corrected chi connectivity index (χ2v) is 10.3. The molecular weight excluding hydrogens is 489 g/mol. The van der Waals surface area contributed by atoms with Crippen molar-refractivity contribution in [3.05, 3.63) is 47.5 Å². The number of hydrogen-bond acceptors (Lipinski definition) is 6. The molecule has 10 nitrogen and oxygen atoms in total. The Morgan fingerprint density at radius 2 is 1.80 bits per heavy atom. The Bertz CT molecular complexity index is 1370. The Morgan fingerprint density at radius 3 is 2.40 bits per heavy atom. The van der Waals surface area contributed by atoms with Crippen LogP contribution in [0.4, 0.5) is 30.5 Å². The number of alkyl halides is 3. The summed E-state index contributed by atoms with van der Waals surface area (Å²) in [6.45, 7) is 0.858. The molecule has 14 heteroatoms. The Labute approximate surface area is 199 Å². The van der Waals surface area contributed by atoms with Gasteiger partial charge in [0.2, 0.25) is 5.95 Å². The molecule has 1 fully saturated rings. The predicted molar refractivity (Wildman–Crippen MR) is 124 cm³/mol. The molecule has 1 aromatic heterocycles. The summed E-state index contributed by atoms with van der Waals surface area (Å²) in [6, 6.07) is 7.85. The monoisotopic (exact) mass is 512 g/mol. The van der Waals surface area contributed by atoms with Crippen LogP contribution in [0.25, 0.3) is 11.0 Å². The Balaban J connectivity index is 1.64. The lowest BCUT2D eigenvalue weighted by atomic mass is 10.1. The van der Waals surface area contributed by atoms with Gasteiger partial charge in [0, 0.05) is 40.3 Å².